The zero-order valence-corrected chi connectivity index (χ0v) is 48.4. The van der Waals surface area contributed by atoms with Crippen LogP contribution in [-0.4, -0.2) is 6.71 Å². The van der Waals surface area contributed by atoms with Gasteiger partial charge in [0.1, 0.15) is 0 Å². The Hall–Kier alpha value is -7.36. The second-order valence-corrected chi connectivity index (χ2v) is 27.2. The molecule has 0 amide bonds. The van der Waals surface area contributed by atoms with E-state index in [4.69, 9.17) is 0 Å². The summed E-state index contributed by atoms with van der Waals surface area (Å²) in [7, 11) is 0. The van der Waals surface area contributed by atoms with Gasteiger partial charge in [0.25, 0.3) is 6.71 Å². The van der Waals surface area contributed by atoms with Crippen molar-refractivity contribution in [3.05, 3.63) is 222 Å². The molecule has 2 nitrogen and oxygen atoms in total. The summed E-state index contributed by atoms with van der Waals surface area (Å²) < 4.78 is 0. The summed E-state index contributed by atoms with van der Waals surface area (Å²) in [5.41, 5.74) is 27.1. The van der Waals surface area contributed by atoms with Gasteiger partial charge in [0, 0.05) is 34.1 Å². The normalized spacial score (nSPS) is 13.6. The van der Waals surface area contributed by atoms with E-state index >= 15 is 0 Å². The fourth-order valence-corrected chi connectivity index (χ4v) is 11.8. The summed E-state index contributed by atoms with van der Waals surface area (Å²) in [5.74, 6) is 0. The molecule has 386 valence electrons. The van der Waals surface area contributed by atoms with E-state index in [1.165, 1.54) is 123 Å². The third kappa shape index (κ3) is 9.55. The van der Waals surface area contributed by atoms with Gasteiger partial charge in [-0.05, 0) is 164 Å². The quantitative estimate of drug-likeness (QED) is 0.153. The van der Waals surface area contributed by atoms with Gasteiger partial charge in [-0.2, -0.15) is 0 Å². The van der Waals surface area contributed by atoms with E-state index in [9.17, 15) is 0 Å². The maximum Gasteiger partial charge on any atom is 0.252 e. The number of rotatable bonds is 6. The molecular formula is C74H77BN2. The van der Waals surface area contributed by atoms with Gasteiger partial charge >= 0.3 is 0 Å². The lowest BCUT2D eigenvalue weighted by Gasteiger charge is -2.46. The molecule has 0 aromatic heterocycles. The molecule has 2 heterocycles. The van der Waals surface area contributed by atoms with Crippen LogP contribution in [0.25, 0.3) is 44.5 Å². The lowest BCUT2D eigenvalue weighted by atomic mass is 9.33. The van der Waals surface area contributed by atoms with Crippen LogP contribution < -0.4 is 26.2 Å². The first kappa shape index (κ1) is 51.7. The van der Waals surface area contributed by atoms with Crippen molar-refractivity contribution in [1.29, 1.82) is 0 Å². The molecule has 0 spiro atoms. The summed E-state index contributed by atoms with van der Waals surface area (Å²) in [6.07, 6.45) is 0. The summed E-state index contributed by atoms with van der Waals surface area (Å²) in [4.78, 5) is 5.31. The number of anilines is 6. The second-order valence-electron chi connectivity index (χ2n) is 27.2. The highest BCUT2D eigenvalue weighted by Gasteiger charge is 2.45. The van der Waals surface area contributed by atoms with Crippen LogP contribution in [-0.2, 0) is 27.1 Å². The largest absolute Gasteiger partial charge is 0.311 e. The van der Waals surface area contributed by atoms with E-state index in [-0.39, 0.29) is 33.8 Å². The van der Waals surface area contributed by atoms with Gasteiger partial charge in [0.05, 0.1) is 0 Å². The molecule has 0 fully saturated rings. The van der Waals surface area contributed by atoms with Gasteiger partial charge in [0.15, 0.2) is 0 Å². The molecule has 0 saturated carbocycles. The summed E-state index contributed by atoms with van der Waals surface area (Å²) in [6, 6.07) is 74.5. The van der Waals surface area contributed by atoms with Crippen LogP contribution in [0.1, 0.15) is 132 Å². The topological polar surface area (TPSA) is 6.48 Å². The van der Waals surface area contributed by atoms with Crippen LogP contribution in [0.3, 0.4) is 0 Å². The lowest BCUT2D eigenvalue weighted by molar-refractivity contribution is 0.568. The van der Waals surface area contributed by atoms with Crippen LogP contribution in [0.2, 0.25) is 0 Å². The van der Waals surface area contributed by atoms with Gasteiger partial charge in [-0.3, -0.25) is 0 Å². The third-order valence-corrected chi connectivity index (χ3v) is 16.4. The molecule has 0 radical (unpaired) electrons. The fraction of sp³-hybridized carbons (Fsp3) is 0.270. The highest BCUT2D eigenvalue weighted by Crippen LogP contribution is 2.50. The van der Waals surface area contributed by atoms with Crippen LogP contribution >= 0.6 is 0 Å². The van der Waals surface area contributed by atoms with Crippen molar-refractivity contribution in [2.24, 2.45) is 0 Å². The molecule has 0 atom stereocenters. The van der Waals surface area contributed by atoms with Gasteiger partial charge in [-0.25, -0.2) is 0 Å². The lowest BCUT2D eigenvalue weighted by Crippen LogP contribution is -2.61. The molecule has 2 aliphatic rings. The molecule has 9 aromatic carbocycles. The minimum absolute atomic E-state index is 0.0835. The Morgan fingerprint density at radius 1 is 0.260 bits per heavy atom. The Morgan fingerprint density at radius 3 is 0.857 bits per heavy atom. The Bertz CT molecular complexity index is 3410. The molecule has 0 aliphatic carbocycles. The molecule has 11 rings (SSSR count). The van der Waals surface area contributed by atoms with E-state index in [0.29, 0.717) is 0 Å². The average molecular weight is 1010 g/mol. The van der Waals surface area contributed by atoms with Crippen molar-refractivity contribution < 1.29 is 0 Å². The maximum atomic E-state index is 2.65. The van der Waals surface area contributed by atoms with Crippen molar-refractivity contribution in [2.75, 3.05) is 9.80 Å². The molecular weight excluding hydrogens is 928 g/mol. The molecule has 0 unspecified atom stereocenters. The highest BCUT2D eigenvalue weighted by molar-refractivity contribution is 7.00. The van der Waals surface area contributed by atoms with E-state index in [2.05, 4.69) is 308 Å². The van der Waals surface area contributed by atoms with Gasteiger partial charge in [0.2, 0.25) is 0 Å². The summed E-state index contributed by atoms with van der Waals surface area (Å²) in [5, 5.41) is 0. The number of benzene rings is 9. The SMILES string of the molecule is CC(C)(C)c1cc(N2c3ccc(-c4ccccc4-c4ccccc4)cc3B3c4cc(-c5ccccc5-c5ccccc5)ccc4N(c4cc(C(C)(C)C)cc(C(C)(C)C)c4)c4cc(C(C)(C)C)cc2c43)cc(C(C)(C)C)c1. The Kier molecular flexibility index (Phi) is 12.6. The fourth-order valence-electron chi connectivity index (χ4n) is 11.8. The zero-order valence-electron chi connectivity index (χ0n) is 48.4. The van der Waals surface area contributed by atoms with E-state index < -0.39 is 0 Å². The molecule has 2 aliphatic heterocycles. The van der Waals surface area contributed by atoms with Crippen LogP contribution in [0.4, 0.5) is 34.1 Å². The third-order valence-electron chi connectivity index (χ3n) is 16.4. The van der Waals surface area contributed by atoms with Crippen molar-refractivity contribution >= 4 is 57.2 Å². The number of hydrogen-bond acceptors (Lipinski definition) is 2. The summed E-state index contributed by atoms with van der Waals surface area (Å²) >= 11 is 0. The molecule has 0 bridgehead atoms. The van der Waals surface area contributed by atoms with Crippen LogP contribution in [0.15, 0.2) is 194 Å². The summed E-state index contributed by atoms with van der Waals surface area (Å²) in [6.45, 7) is 35.3. The Labute approximate surface area is 462 Å². The predicted octanol–water partition coefficient (Wildman–Crippen LogP) is 18.9. The molecule has 3 heteroatoms. The molecule has 0 saturated heterocycles. The predicted molar refractivity (Wildman–Crippen MR) is 336 cm³/mol. The van der Waals surface area contributed by atoms with Gasteiger partial charge < -0.3 is 9.80 Å². The van der Waals surface area contributed by atoms with Crippen molar-refractivity contribution in [3.8, 4) is 44.5 Å². The number of fused-ring (bicyclic) bond motifs is 4. The minimum atomic E-state index is -0.164. The second kappa shape index (κ2) is 18.7. The van der Waals surface area contributed by atoms with Crippen molar-refractivity contribution in [3.63, 3.8) is 0 Å². The Morgan fingerprint density at radius 2 is 0.545 bits per heavy atom. The minimum Gasteiger partial charge on any atom is -0.311 e. The standard InChI is InChI=1S/C74H77BN2/c1-70(2,3)52-40-53(71(4,5)6)43-57(42-52)76-65-36-34-50(61-32-24-22-30-59(61)48-26-18-16-19-27-48)38-63(65)75-64-39-51(62-33-25-23-31-60(62)49-28-20-17-21-29-49)35-37-66(64)77(68-47-56(74(13,14)15)46-67(76)69(68)75)58-44-54(72(7,8)9)41-55(45-58)73(10,11)12/h16-47H,1-15H3. The first-order valence-corrected chi connectivity index (χ1v) is 28.0. The zero-order chi connectivity index (χ0) is 54.6. The maximum absolute atomic E-state index is 2.65. The van der Waals surface area contributed by atoms with Crippen LogP contribution in [0, 0.1) is 0 Å². The highest BCUT2D eigenvalue weighted by atomic mass is 15.2. The van der Waals surface area contributed by atoms with E-state index in [1.807, 2.05) is 0 Å². The van der Waals surface area contributed by atoms with Crippen molar-refractivity contribution in [2.45, 2.75) is 131 Å². The van der Waals surface area contributed by atoms with Crippen molar-refractivity contribution in [1.82, 2.24) is 0 Å². The average Bonchev–Trinajstić information content (AvgIpc) is 3.48. The first-order valence-electron chi connectivity index (χ1n) is 28.0. The molecule has 77 heavy (non-hydrogen) atoms. The number of hydrogen-bond donors (Lipinski definition) is 0. The van der Waals surface area contributed by atoms with Gasteiger partial charge in [-0.15, -0.1) is 0 Å². The molecule has 0 N–H and O–H groups in total. The Balaban J connectivity index is 1.30. The first-order chi connectivity index (χ1) is 36.3. The van der Waals surface area contributed by atoms with Gasteiger partial charge in [-0.1, -0.05) is 249 Å². The number of nitrogens with zero attached hydrogens (tertiary/aromatic N) is 2. The smallest absolute Gasteiger partial charge is 0.252 e. The van der Waals surface area contributed by atoms with E-state index in [0.717, 1.165) is 0 Å². The van der Waals surface area contributed by atoms with E-state index in [1.54, 1.807) is 0 Å². The van der Waals surface area contributed by atoms with Crippen LogP contribution in [0.5, 0.6) is 0 Å². The molecule has 9 aromatic rings. The monoisotopic (exact) mass is 1000 g/mol.